The highest BCUT2D eigenvalue weighted by atomic mass is 16.3. The fourth-order valence-corrected chi connectivity index (χ4v) is 2.14. The second-order valence-electron chi connectivity index (χ2n) is 4.41. The molecule has 0 bridgehead atoms. The Morgan fingerprint density at radius 3 is 2.58 bits per heavy atom. The van der Waals surface area contributed by atoms with E-state index in [9.17, 15) is 4.79 Å². The summed E-state index contributed by atoms with van der Waals surface area (Å²) in [6.07, 6.45) is 1.51. The lowest BCUT2D eigenvalue weighted by molar-refractivity contribution is 0.101. The highest BCUT2D eigenvalue weighted by Gasteiger charge is 2.19. The van der Waals surface area contributed by atoms with Gasteiger partial charge in [-0.3, -0.25) is 4.79 Å². The molecular formula is C16H13NO2. The summed E-state index contributed by atoms with van der Waals surface area (Å²) in [6, 6.07) is 15.1. The van der Waals surface area contributed by atoms with Gasteiger partial charge in [-0.1, -0.05) is 30.3 Å². The quantitative estimate of drug-likeness (QED) is 0.719. The average molecular weight is 251 g/mol. The van der Waals surface area contributed by atoms with Gasteiger partial charge in [0.05, 0.1) is 17.5 Å². The number of benzene rings is 1. The van der Waals surface area contributed by atoms with Crippen LogP contribution in [0.2, 0.25) is 0 Å². The highest BCUT2D eigenvalue weighted by molar-refractivity contribution is 6.11. The Morgan fingerprint density at radius 2 is 1.89 bits per heavy atom. The van der Waals surface area contributed by atoms with Crippen LogP contribution in [0.3, 0.4) is 0 Å². The molecule has 2 aromatic heterocycles. The van der Waals surface area contributed by atoms with E-state index in [-0.39, 0.29) is 5.78 Å². The summed E-state index contributed by atoms with van der Waals surface area (Å²) in [4.78, 5) is 15.6. The molecule has 0 spiro atoms. The van der Waals surface area contributed by atoms with Crippen molar-refractivity contribution in [3.05, 3.63) is 71.8 Å². The summed E-state index contributed by atoms with van der Waals surface area (Å²) in [5.74, 6) is 0.254. The molecule has 3 rings (SSSR count). The van der Waals surface area contributed by atoms with Crippen LogP contribution in [-0.2, 0) is 0 Å². The lowest BCUT2D eigenvalue weighted by atomic mass is 10.0. The number of aryl methyl sites for hydroxylation is 1. The molecule has 19 heavy (non-hydrogen) atoms. The molecule has 0 fully saturated rings. The summed E-state index contributed by atoms with van der Waals surface area (Å²) < 4.78 is 5.19. The first-order chi connectivity index (χ1) is 9.25. The number of carbonyl (C=O) groups excluding carboxylic acids is 1. The van der Waals surface area contributed by atoms with Crippen LogP contribution in [0.5, 0.6) is 0 Å². The molecule has 0 saturated heterocycles. The van der Waals surface area contributed by atoms with E-state index in [1.165, 1.54) is 6.26 Å². The summed E-state index contributed by atoms with van der Waals surface area (Å²) in [7, 11) is 0. The van der Waals surface area contributed by atoms with E-state index in [4.69, 9.17) is 4.42 Å². The lowest BCUT2D eigenvalue weighted by Crippen LogP contribution is -2.00. The fraction of sp³-hybridized carbons (Fsp3) is 0.0625. The first-order valence-electron chi connectivity index (χ1n) is 6.09. The van der Waals surface area contributed by atoms with E-state index in [0.29, 0.717) is 11.3 Å². The number of ketones is 1. The predicted octanol–water partition coefficient (Wildman–Crippen LogP) is 3.81. The van der Waals surface area contributed by atoms with Gasteiger partial charge < -0.3 is 9.40 Å². The third-order valence-corrected chi connectivity index (χ3v) is 3.00. The largest absolute Gasteiger partial charge is 0.461 e. The highest BCUT2D eigenvalue weighted by Crippen LogP contribution is 2.26. The van der Waals surface area contributed by atoms with E-state index in [2.05, 4.69) is 4.98 Å². The number of hydrogen-bond donors (Lipinski definition) is 1. The van der Waals surface area contributed by atoms with Gasteiger partial charge in [-0.05, 0) is 30.7 Å². The van der Waals surface area contributed by atoms with Gasteiger partial charge in [0.2, 0.25) is 5.78 Å². The van der Waals surface area contributed by atoms with Crippen molar-refractivity contribution in [1.82, 2.24) is 4.98 Å². The summed E-state index contributed by atoms with van der Waals surface area (Å²) >= 11 is 0. The maximum Gasteiger partial charge on any atom is 0.230 e. The molecule has 0 aliphatic rings. The van der Waals surface area contributed by atoms with Crippen molar-refractivity contribution in [2.45, 2.75) is 6.92 Å². The maximum absolute atomic E-state index is 12.4. The van der Waals surface area contributed by atoms with Gasteiger partial charge in [0.25, 0.3) is 0 Å². The standard InChI is InChI=1S/C16H13NO2/c1-11-10-13(16(18)14-8-5-9-19-14)15(17-11)12-6-3-2-4-7-12/h2-10,17H,1H3. The van der Waals surface area contributed by atoms with Crippen LogP contribution in [0.1, 0.15) is 21.8 Å². The van der Waals surface area contributed by atoms with Crippen molar-refractivity contribution in [2.24, 2.45) is 0 Å². The van der Waals surface area contributed by atoms with Gasteiger partial charge in [0.1, 0.15) is 0 Å². The Labute approximate surface area is 110 Å². The predicted molar refractivity (Wildman–Crippen MR) is 73.1 cm³/mol. The van der Waals surface area contributed by atoms with Gasteiger partial charge in [0.15, 0.2) is 5.76 Å². The minimum Gasteiger partial charge on any atom is -0.461 e. The molecule has 0 amide bonds. The number of nitrogens with one attached hydrogen (secondary N) is 1. The zero-order valence-electron chi connectivity index (χ0n) is 10.5. The SMILES string of the molecule is Cc1cc(C(=O)c2ccco2)c(-c2ccccc2)[nH]1. The third kappa shape index (κ3) is 2.10. The smallest absolute Gasteiger partial charge is 0.230 e. The zero-order chi connectivity index (χ0) is 13.2. The third-order valence-electron chi connectivity index (χ3n) is 3.00. The Balaban J connectivity index is 2.10. The molecule has 2 heterocycles. The van der Waals surface area contributed by atoms with Gasteiger partial charge in [-0.25, -0.2) is 0 Å². The van der Waals surface area contributed by atoms with Crippen LogP contribution < -0.4 is 0 Å². The van der Waals surface area contributed by atoms with Crippen molar-refractivity contribution in [2.75, 3.05) is 0 Å². The average Bonchev–Trinajstić information content (AvgIpc) is 3.08. The molecule has 0 saturated carbocycles. The monoisotopic (exact) mass is 251 g/mol. The first kappa shape index (κ1) is 11.5. The maximum atomic E-state index is 12.4. The van der Waals surface area contributed by atoms with E-state index in [0.717, 1.165) is 17.0 Å². The normalized spacial score (nSPS) is 10.6. The molecule has 94 valence electrons. The lowest BCUT2D eigenvalue weighted by Gasteiger charge is -2.02. The molecule has 3 heteroatoms. The number of aromatic amines is 1. The summed E-state index contributed by atoms with van der Waals surface area (Å²) in [6.45, 7) is 1.94. The number of furan rings is 1. The van der Waals surface area contributed by atoms with Crippen LogP contribution in [-0.4, -0.2) is 10.8 Å². The number of aromatic nitrogens is 1. The van der Waals surface area contributed by atoms with Crippen LogP contribution in [0.4, 0.5) is 0 Å². The van der Waals surface area contributed by atoms with Gasteiger partial charge in [-0.15, -0.1) is 0 Å². The zero-order valence-corrected chi connectivity index (χ0v) is 10.5. The van der Waals surface area contributed by atoms with Crippen LogP contribution in [0.15, 0.2) is 59.2 Å². The molecule has 0 radical (unpaired) electrons. The van der Waals surface area contributed by atoms with Crippen LogP contribution in [0.25, 0.3) is 11.3 Å². The molecule has 3 nitrogen and oxygen atoms in total. The fourth-order valence-electron chi connectivity index (χ4n) is 2.14. The Hall–Kier alpha value is -2.55. The van der Waals surface area contributed by atoms with E-state index in [1.807, 2.05) is 43.3 Å². The van der Waals surface area contributed by atoms with Crippen molar-refractivity contribution in [1.29, 1.82) is 0 Å². The minimum atomic E-state index is -0.104. The number of H-pyrrole nitrogens is 1. The molecule has 0 aliphatic heterocycles. The van der Waals surface area contributed by atoms with Gasteiger partial charge in [-0.2, -0.15) is 0 Å². The summed E-state index contributed by atoms with van der Waals surface area (Å²) in [5.41, 5.74) is 3.41. The van der Waals surface area contributed by atoms with Crippen molar-refractivity contribution >= 4 is 5.78 Å². The van der Waals surface area contributed by atoms with Gasteiger partial charge in [0, 0.05) is 5.69 Å². The Morgan fingerprint density at radius 1 is 1.11 bits per heavy atom. The van der Waals surface area contributed by atoms with Crippen molar-refractivity contribution in [3.8, 4) is 11.3 Å². The first-order valence-corrected chi connectivity index (χ1v) is 6.09. The van der Waals surface area contributed by atoms with Gasteiger partial charge >= 0.3 is 0 Å². The molecule has 0 unspecified atom stereocenters. The molecule has 1 N–H and O–H groups in total. The van der Waals surface area contributed by atoms with Crippen LogP contribution in [0, 0.1) is 6.92 Å². The van der Waals surface area contributed by atoms with E-state index in [1.54, 1.807) is 12.1 Å². The van der Waals surface area contributed by atoms with E-state index < -0.39 is 0 Å². The molecule has 3 aromatic rings. The van der Waals surface area contributed by atoms with Crippen molar-refractivity contribution in [3.63, 3.8) is 0 Å². The second-order valence-corrected chi connectivity index (χ2v) is 4.41. The van der Waals surface area contributed by atoms with Crippen molar-refractivity contribution < 1.29 is 9.21 Å². The molecule has 1 aromatic carbocycles. The number of hydrogen-bond acceptors (Lipinski definition) is 2. The minimum absolute atomic E-state index is 0.104. The Kier molecular flexibility index (Phi) is 2.80. The topological polar surface area (TPSA) is 46.0 Å². The second kappa shape index (κ2) is 4.61. The molecule has 0 atom stereocenters. The van der Waals surface area contributed by atoms with E-state index >= 15 is 0 Å². The molecular weight excluding hydrogens is 238 g/mol. The number of rotatable bonds is 3. The summed E-state index contributed by atoms with van der Waals surface area (Å²) in [5, 5.41) is 0. The molecule has 0 aliphatic carbocycles. The Bertz CT molecular complexity index is 694. The number of carbonyl (C=O) groups is 1. The van der Waals surface area contributed by atoms with Crippen LogP contribution >= 0.6 is 0 Å².